The minimum absolute atomic E-state index is 0.434. The van der Waals surface area contributed by atoms with Crippen LogP contribution >= 0.6 is 0 Å². The zero-order valence-electron chi connectivity index (χ0n) is 9.82. The Labute approximate surface area is 104 Å². The summed E-state index contributed by atoms with van der Waals surface area (Å²) in [5, 5.41) is 9.23. The largest absolute Gasteiger partial charge is 0.481 e. The fourth-order valence-corrected chi connectivity index (χ4v) is 2.42. The predicted octanol–water partition coefficient (Wildman–Crippen LogP) is 1.89. The molecule has 1 aliphatic heterocycles. The molecule has 0 bridgehead atoms. The molecule has 0 amide bonds. The second-order valence-electron chi connectivity index (χ2n) is 4.51. The minimum Gasteiger partial charge on any atom is -0.481 e. The molecule has 2 unspecified atom stereocenters. The van der Waals surface area contributed by atoms with Gasteiger partial charge in [-0.1, -0.05) is 6.07 Å². The van der Waals surface area contributed by atoms with Crippen molar-refractivity contribution in [3.8, 4) is 0 Å². The predicted molar refractivity (Wildman–Crippen MR) is 64.2 cm³/mol. The average Bonchev–Trinajstić information content (AvgIpc) is 2.82. The van der Waals surface area contributed by atoms with Crippen LogP contribution in [0.2, 0.25) is 0 Å². The summed E-state index contributed by atoms with van der Waals surface area (Å²) >= 11 is 0. The lowest BCUT2D eigenvalue weighted by molar-refractivity contribution is -0.152. The maximum absolute atomic E-state index is 11.2. The molecule has 0 aromatic carbocycles. The van der Waals surface area contributed by atoms with Crippen LogP contribution in [0.3, 0.4) is 0 Å². The quantitative estimate of drug-likeness (QED) is 0.878. The number of carbonyl (C=O) groups is 1. The van der Waals surface area contributed by atoms with Gasteiger partial charge < -0.3 is 14.2 Å². The van der Waals surface area contributed by atoms with Crippen molar-refractivity contribution >= 4 is 11.6 Å². The third-order valence-corrected chi connectivity index (χ3v) is 3.31. The Bertz CT molecular complexity index is 545. The molecule has 3 heterocycles. The first-order chi connectivity index (χ1) is 8.75. The van der Waals surface area contributed by atoms with Crippen molar-refractivity contribution in [2.75, 3.05) is 6.61 Å². The van der Waals surface area contributed by atoms with Gasteiger partial charge in [-0.3, -0.25) is 4.79 Å². The van der Waals surface area contributed by atoms with Crippen LogP contribution in [-0.4, -0.2) is 27.1 Å². The standard InChI is InChI=1S/C13H14N2O3/c16-13(17)9-4-3-7-18-12(9)10-8-15-6-2-1-5-11(15)14-10/h1-2,5-6,8-9,12H,3-4,7H2,(H,16,17). The second kappa shape index (κ2) is 4.42. The van der Waals surface area contributed by atoms with E-state index < -0.39 is 18.0 Å². The Morgan fingerprint density at radius 1 is 1.50 bits per heavy atom. The van der Waals surface area contributed by atoms with E-state index in [2.05, 4.69) is 4.98 Å². The molecule has 2 aromatic rings. The number of nitrogens with zero attached hydrogens (tertiary/aromatic N) is 2. The zero-order valence-corrected chi connectivity index (χ0v) is 9.82. The lowest BCUT2D eigenvalue weighted by Crippen LogP contribution is -2.29. The molecule has 3 rings (SSSR count). The Balaban J connectivity index is 1.98. The van der Waals surface area contributed by atoms with Gasteiger partial charge in [0, 0.05) is 19.0 Å². The number of ether oxygens (including phenoxy) is 1. The summed E-state index contributed by atoms with van der Waals surface area (Å²) in [5.74, 6) is -1.31. The van der Waals surface area contributed by atoms with Crippen LogP contribution in [0, 0.1) is 5.92 Å². The van der Waals surface area contributed by atoms with E-state index in [-0.39, 0.29) is 0 Å². The van der Waals surface area contributed by atoms with E-state index >= 15 is 0 Å². The topological polar surface area (TPSA) is 63.8 Å². The number of pyridine rings is 1. The number of imidazole rings is 1. The van der Waals surface area contributed by atoms with Gasteiger partial charge in [-0.25, -0.2) is 4.98 Å². The van der Waals surface area contributed by atoms with E-state index in [0.29, 0.717) is 18.7 Å². The summed E-state index contributed by atoms with van der Waals surface area (Å²) in [6.07, 6.45) is 4.75. The van der Waals surface area contributed by atoms with E-state index in [1.807, 2.05) is 35.0 Å². The van der Waals surface area contributed by atoms with Crippen molar-refractivity contribution in [2.45, 2.75) is 18.9 Å². The van der Waals surface area contributed by atoms with Crippen molar-refractivity contribution in [1.82, 2.24) is 9.38 Å². The summed E-state index contributed by atoms with van der Waals surface area (Å²) in [4.78, 5) is 15.7. The molecule has 1 fully saturated rings. The normalized spacial score (nSPS) is 24.2. The smallest absolute Gasteiger partial charge is 0.309 e. The molecule has 5 heteroatoms. The fourth-order valence-electron chi connectivity index (χ4n) is 2.42. The molecule has 0 saturated carbocycles. The monoisotopic (exact) mass is 246 g/mol. The van der Waals surface area contributed by atoms with Gasteiger partial charge >= 0.3 is 5.97 Å². The van der Waals surface area contributed by atoms with Gasteiger partial charge in [0.15, 0.2) is 0 Å². The molecule has 2 aromatic heterocycles. The van der Waals surface area contributed by atoms with Gasteiger partial charge in [0.25, 0.3) is 0 Å². The Morgan fingerprint density at radius 2 is 2.39 bits per heavy atom. The highest BCUT2D eigenvalue weighted by Gasteiger charge is 2.34. The molecular weight excluding hydrogens is 232 g/mol. The van der Waals surface area contributed by atoms with Gasteiger partial charge in [0.2, 0.25) is 0 Å². The highest BCUT2D eigenvalue weighted by atomic mass is 16.5. The average molecular weight is 246 g/mol. The number of carboxylic acid groups (broad SMARTS) is 1. The van der Waals surface area contributed by atoms with Crippen molar-refractivity contribution in [1.29, 1.82) is 0 Å². The lowest BCUT2D eigenvalue weighted by atomic mass is 9.93. The molecule has 1 N–H and O–H groups in total. The van der Waals surface area contributed by atoms with Crippen molar-refractivity contribution in [3.05, 3.63) is 36.3 Å². The lowest BCUT2D eigenvalue weighted by Gasteiger charge is -2.27. The number of hydrogen-bond acceptors (Lipinski definition) is 3. The van der Waals surface area contributed by atoms with Crippen LogP contribution < -0.4 is 0 Å². The summed E-state index contributed by atoms with van der Waals surface area (Å²) in [6, 6.07) is 5.71. The Kier molecular flexibility index (Phi) is 2.76. The minimum atomic E-state index is -0.809. The summed E-state index contributed by atoms with van der Waals surface area (Å²) in [6.45, 7) is 0.600. The van der Waals surface area contributed by atoms with Crippen LogP contribution in [0.25, 0.3) is 5.65 Å². The summed E-state index contributed by atoms with van der Waals surface area (Å²) in [5.41, 5.74) is 1.51. The van der Waals surface area contributed by atoms with Crippen LogP contribution in [0.1, 0.15) is 24.6 Å². The van der Waals surface area contributed by atoms with Gasteiger partial charge in [0.05, 0.1) is 11.6 Å². The molecule has 94 valence electrons. The molecule has 1 saturated heterocycles. The number of fused-ring (bicyclic) bond motifs is 1. The van der Waals surface area contributed by atoms with Crippen LogP contribution in [0.5, 0.6) is 0 Å². The van der Waals surface area contributed by atoms with Crippen LogP contribution in [-0.2, 0) is 9.53 Å². The maximum atomic E-state index is 11.2. The van der Waals surface area contributed by atoms with Crippen molar-refractivity contribution in [3.63, 3.8) is 0 Å². The number of hydrogen-bond donors (Lipinski definition) is 1. The van der Waals surface area contributed by atoms with E-state index in [0.717, 1.165) is 12.1 Å². The highest BCUT2D eigenvalue weighted by Crippen LogP contribution is 2.33. The first-order valence-corrected chi connectivity index (χ1v) is 6.04. The van der Waals surface area contributed by atoms with Gasteiger partial charge in [0.1, 0.15) is 11.8 Å². The van der Waals surface area contributed by atoms with Crippen molar-refractivity contribution in [2.24, 2.45) is 5.92 Å². The van der Waals surface area contributed by atoms with Crippen LogP contribution in [0.15, 0.2) is 30.6 Å². The number of aliphatic carboxylic acids is 1. The van der Waals surface area contributed by atoms with Gasteiger partial charge in [-0.2, -0.15) is 0 Å². The summed E-state index contributed by atoms with van der Waals surface area (Å²) in [7, 11) is 0. The second-order valence-corrected chi connectivity index (χ2v) is 4.51. The molecule has 0 aliphatic carbocycles. The van der Waals surface area contributed by atoms with E-state index in [4.69, 9.17) is 4.74 Å². The molecule has 0 spiro atoms. The van der Waals surface area contributed by atoms with E-state index in [1.165, 1.54) is 0 Å². The fraction of sp³-hybridized carbons (Fsp3) is 0.385. The van der Waals surface area contributed by atoms with Gasteiger partial charge in [-0.15, -0.1) is 0 Å². The molecular formula is C13H14N2O3. The number of rotatable bonds is 2. The number of carboxylic acids is 1. The molecule has 5 nitrogen and oxygen atoms in total. The molecule has 0 radical (unpaired) electrons. The van der Waals surface area contributed by atoms with Crippen LogP contribution in [0.4, 0.5) is 0 Å². The molecule has 1 aliphatic rings. The van der Waals surface area contributed by atoms with E-state index in [1.54, 1.807) is 0 Å². The SMILES string of the molecule is O=C(O)C1CCCOC1c1cn2ccccc2n1. The highest BCUT2D eigenvalue weighted by molar-refractivity contribution is 5.71. The molecule has 2 atom stereocenters. The number of aromatic nitrogens is 2. The first kappa shape index (κ1) is 11.2. The Morgan fingerprint density at radius 3 is 3.17 bits per heavy atom. The van der Waals surface area contributed by atoms with E-state index in [9.17, 15) is 9.90 Å². The molecule has 18 heavy (non-hydrogen) atoms. The van der Waals surface area contributed by atoms with Crippen molar-refractivity contribution < 1.29 is 14.6 Å². The Hall–Kier alpha value is -1.88. The third-order valence-electron chi connectivity index (χ3n) is 3.31. The zero-order chi connectivity index (χ0) is 12.5. The first-order valence-electron chi connectivity index (χ1n) is 6.04. The maximum Gasteiger partial charge on any atom is 0.309 e. The third kappa shape index (κ3) is 1.86. The van der Waals surface area contributed by atoms with Gasteiger partial charge in [-0.05, 0) is 25.0 Å². The summed E-state index contributed by atoms with van der Waals surface area (Å²) < 4.78 is 7.49.